The van der Waals surface area contributed by atoms with Crippen molar-refractivity contribution in [3.8, 4) is 0 Å². The van der Waals surface area contributed by atoms with Crippen molar-refractivity contribution in [2.24, 2.45) is 0 Å². The average Bonchev–Trinajstić information content (AvgIpc) is 2.37. The number of hydrogen-bond acceptors (Lipinski definition) is 3. The van der Waals surface area contributed by atoms with Gasteiger partial charge in [0.1, 0.15) is 0 Å². The van der Waals surface area contributed by atoms with E-state index in [0.29, 0.717) is 12.3 Å². The van der Waals surface area contributed by atoms with Crippen molar-refractivity contribution in [1.29, 1.82) is 0 Å². The SMILES string of the molecule is CN(CC(C)(C)O)C(=O)NCC[S@@](=O)c1ccccc1. The second-order valence-electron chi connectivity index (χ2n) is 5.26. The van der Waals surface area contributed by atoms with Gasteiger partial charge in [-0.25, -0.2) is 4.79 Å². The molecule has 5 nitrogen and oxygen atoms in total. The molecule has 0 unspecified atom stereocenters. The maximum atomic E-state index is 11.9. The van der Waals surface area contributed by atoms with Crippen LogP contribution in [0.25, 0.3) is 0 Å². The van der Waals surface area contributed by atoms with Gasteiger partial charge in [0.2, 0.25) is 0 Å². The Balaban J connectivity index is 2.34. The number of aliphatic hydroxyl groups is 1. The van der Waals surface area contributed by atoms with Crippen molar-refractivity contribution in [2.45, 2.75) is 24.3 Å². The summed E-state index contributed by atoms with van der Waals surface area (Å²) in [6.07, 6.45) is 0. The first-order valence-corrected chi connectivity index (χ1v) is 7.76. The predicted octanol–water partition coefficient (Wildman–Crippen LogP) is 1.21. The van der Waals surface area contributed by atoms with Crippen LogP contribution in [0.4, 0.5) is 4.79 Å². The fourth-order valence-electron chi connectivity index (χ4n) is 1.73. The number of amides is 2. The van der Waals surface area contributed by atoms with Crippen LogP contribution in [0.15, 0.2) is 35.2 Å². The van der Waals surface area contributed by atoms with Crippen LogP contribution in [-0.2, 0) is 10.8 Å². The summed E-state index contributed by atoms with van der Waals surface area (Å²) in [5, 5.41) is 12.3. The Labute approximate surface area is 122 Å². The number of hydrogen-bond donors (Lipinski definition) is 2. The Bertz CT molecular complexity index is 457. The lowest BCUT2D eigenvalue weighted by atomic mass is 10.1. The molecule has 2 amide bonds. The van der Waals surface area contributed by atoms with Crippen LogP contribution in [-0.4, -0.2) is 51.7 Å². The molecular weight excluding hydrogens is 276 g/mol. The summed E-state index contributed by atoms with van der Waals surface area (Å²) in [6, 6.07) is 8.87. The van der Waals surface area contributed by atoms with Gasteiger partial charge in [0.05, 0.1) is 22.9 Å². The quantitative estimate of drug-likeness (QED) is 0.829. The molecule has 0 aliphatic heterocycles. The minimum absolute atomic E-state index is 0.237. The average molecular weight is 298 g/mol. The number of carbonyl (C=O) groups is 1. The molecule has 0 saturated heterocycles. The molecule has 0 bridgehead atoms. The first-order chi connectivity index (χ1) is 9.29. The van der Waals surface area contributed by atoms with Gasteiger partial charge in [-0.05, 0) is 26.0 Å². The molecule has 0 aliphatic rings. The highest BCUT2D eigenvalue weighted by Gasteiger charge is 2.19. The summed E-state index contributed by atoms with van der Waals surface area (Å²) in [4.78, 5) is 13.9. The molecule has 1 aromatic rings. The Morgan fingerprint density at radius 1 is 1.35 bits per heavy atom. The molecular formula is C14H22N2O3S. The number of likely N-dealkylation sites (N-methyl/N-ethyl adjacent to an activating group) is 1. The third-order valence-electron chi connectivity index (χ3n) is 2.54. The fourth-order valence-corrected chi connectivity index (χ4v) is 2.71. The molecule has 0 fully saturated rings. The van der Waals surface area contributed by atoms with Crippen molar-refractivity contribution in [3.05, 3.63) is 30.3 Å². The van der Waals surface area contributed by atoms with Crippen molar-refractivity contribution < 1.29 is 14.1 Å². The van der Waals surface area contributed by atoms with E-state index < -0.39 is 16.4 Å². The molecule has 0 radical (unpaired) electrons. The minimum atomic E-state index is -1.11. The van der Waals surface area contributed by atoms with Crippen LogP contribution >= 0.6 is 0 Å². The molecule has 1 aromatic carbocycles. The van der Waals surface area contributed by atoms with Crippen LogP contribution in [0, 0.1) is 0 Å². The second-order valence-corrected chi connectivity index (χ2v) is 6.83. The molecule has 0 aromatic heterocycles. The number of nitrogens with zero attached hydrogens (tertiary/aromatic N) is 1. The Kier molecular flexibility index (Phi) is 6.16. The largest absolute Gasteiger partial charge is 0.389 e. The van der Waals surface area contributed by atoms with Gasteiger partial charge in [-0.15, -0.1) is 0 Å². The highest BCUT2D eigenvalue weighted by Crippen LogP contribution is 2.05. The summed E-state index contributed by atoms with van der Waals surface area (Å²) >= 11 is 0. The minimum Gasteiger partial charge on any atom is -0.389 e. The van der Waals surface area contributed by atoms with E-state index in [9.17, 15) is 14.1 Å². The summed E-state index contributed by atoms with van der Waals surface area (Å²) in [6.45, 7) is 3.85. The third-order valence-corrected chi connectivity index (χ3v) is 3.91. The van der Waals surface area contributed by atoms with Crippen LogP contribution in [0.5, 0.6) is 0 Å². The van der Waals surface area contributed by atoms with Gasteiger partial charge < -0.3 is 15.3 Å². The molecule has 0 spiro atoms. The van der Waals surface area contributed by atoms with Gasteiger partial charge in [0.25, 0.3) is 0 Å². The summed E-state index contributed by atoms with van der Waals surface area (Å²) in [7, 11) is 0.498. The lowest BCUT2D eigenvalue weighted by Gasteiger charge is -2.25. The first kappa shape index (κ1) is 16.7. The van der Waals surface area contributed by atoms with Crippen LogP contribution in [0.3, 0.4) is 0 Å². The smallest absolute Gasteiger partial charge is 0.317 e. The first-order valence-electron chi connectivity index (χ1n) is 6.44. The van der Waals surface area contributed by atoms with Gasteiger partial charge in [-0.2, -0.15) is 0 Å². The van der Waals surface area contributed by atoms with Crippen molar-refractivity contribution in [3.63, 3.8) is 0 Å². The van der Waals surface area contributed by atoms with Crippen LogP contribution < -0.4 is 5.32 Å². The normalized spacial score (nSPS) is 12.8. The van der Waals surface area contributed by atoms with E-state index in [1.807, 2.05) is 18.2 Å². The predicted molar refractivity (Wildman–Crippen MR) is 80.0 cm³/mol. The number of benzene rings is 1. The number of urea groups is 1. The molecule has 0 saturated carbocycles. The molecule has 1 rings (SSSR count). The number of carbonyl (C=O) groups excluding carboxylic acids is 1. The molecule has 2 N–H and O–H groups in total. The highest BCUT2D eigenvalue weighted by atomic mass is 32.2. The monoisotopic (exact) mass is 298 g/mol. The Morgan fingerprint density at radius 2 is 1.95 bits per heavy atom. The van der Waals surface area contributed by atoms with Crippen LogP contribution in [0.2, 0.25) is 0 Å². The van der Waals surface area contributed by atoms with E-state index in [-0.39, 0.29) is 12.6 Å². The van der Waals surface area contributed by atoms with Crippen molar-refractivity contribution in [1.82, 2.24) is 10.2 Å². The zero-order chi connectivity index (χ0) is 15.2. The van der Waals surface area contributed by atoms with Gasteiger partial charge in [0, 0.05) is 24.2 Å². The molecule has 6 heteroatoms. The maximum Gasteiger partial charge on any atom is 0.317 e. The topological polar surface area (TPSA) is 69.6 Å². The molecule has 112 valence electrons. The summed E-state index contributed by atoms with van der Waals surface area (Å²) in [5.41, 5.74) is -0.932. The van der Waals surface area contributed by atoms with Crippen molar-refractivity contribution in [2.75, 3.05) is 25.9 Å². The van der Waals surface area contributed by atoms with Gasteiger partial charge in [-0.1, -0.05) is 18.2 Å². The van der Waals surface area contributed by atoms with Gasteiger partial charge >= 0.3 is 6.03 Å². The summed E-state index contributed by atoms with van der Waals surface area (Å²) < 4.78 is 11.9. The van der Waals surface area contributed by atoms with Gasteiger partial charge in [-0.3, -0.25) is 4.21 Å². The van der Waals surface area contributed by atoms with Crippen LogP contribution in [0.1, 0.15) is 13.8 Å². The van der Waals surface area contributed by atoms with E-state index in [1.54, 1.807) is 33.0 Å². The fraction of sp³-hybridized carbons (Fsp3) is 0.500. The lowest BCUT2D eigenvalue weighted by molar-refractivity contribution is 0.0533. The lowest BCUT2D eigenvalue weighted by Crippen LogP contribution is -2.45. The van der Waals surface area contributed by atoms with E-state index in [1.165, 1.54) is 4.90 Å². The molecule has 20 heavy (non-hydrogen) atoms. The Morgan fingerprint density at radius 3 is 2.50 bits per heavy atom. The third kappa shape index (κ3) is 6.16. The zero-order valence-electron chi connectivity index (χ0n) is 12.1. The van der Waals surface area contributed by atoms with Crippen molar-refractivity contribution >= 4 is 16.8 Å². The second kappa shape index (κ2) is 7.40. The number of rotatable bonds is 6. The maximum absolute atomic E-state index is 11.9. The Hall–Kier alpha value is -1.40. The molecule has 0 aliphatic carbocycles. The van der Waals surface area contributed by atoms with E-state index in [2.05, 4.69) is 5.32 Å². The molecule has 1 atom stereocenters. The molecule has 0 heterocycles. The standard InChI is InChI=1S/C14H22N2O3S/c1-14(2,18)11-16(3)13(17)15-9-10-20(19)12-7-5-4-6-8-12/h4-8,18H,9-11H2,1-3H3,(H,15,17)/t20-/m1/s1. The summed E-state index contributed by atoms with van der Waals surface area (Å²) in [5.74, 6) is 0.367. The highest BCUT2D eigenvalue weighted by molar-refractivity contribution is 7.85. The zero-order valence-corrected chi connectivity index (χ0v) is 12.9. The van der Waals surface area contributed by atoms with E-state index >= 15 is 0 Å². The van der Waals surface area contributed by atoms with Gasteiger partial charge in [0.15, 0.2) is 0 Å². The van der Waals surface area contributed by atoms with E-state index in [0.717, 1.165) is 4.90 Å². The van der Waals surface area contributed by atoms with E-state index in [4.69, 9.17) is 0 Å². The number of nitrogens with one attached hydrogen (secondary N) is 1.